The number of nitrogens with zero attached hydrogens (tertiary/aromatic N) is 1. The minimum absolute atomic E-state index is 0.103. The van der Waals surface area contributed by atoms with Gasteiger partial charge in [-0.05, 0) is 26.0 Å². The molecule has 1 aromatic rings. The van der Waals surface area contributed by atoms with E-state index in [4.69, 9.17) is 15.6 Å². The quantitative estimate of drug-likeness (QED) is 0.789. The van der Waals surface area contributed by atoms with E-state index in [1.54, 1.807) is 7.11 Å². The van der Waals surface area contributed by atoms with Crippen molar-refractivity contribution in [3.05, 3.63) is 23.8 Å². The SMILES string of the molecule is CCN(CCO)c1cccc(OC)c1[C@@H](C)N. The molecule has 17 heavy (non-hydrogen) atoms. The Balaban J connectivity index is 3.20. The smallest absolute Gasteiger partial charge is 0.125 e. The topological polar surface area (TPSA) is 58.7 Å². The van der Waals surface area contributed by atoms with Gasteiger partial charge in [0.15, 0.2) is 0 Å². The average Bonchev–Trinajstić information content (AvgIpc) is 2.34. The molecular formula is C13H22N2O2. The van der Waals surface area contributed by atoms with Gasteiger partial charge in [0, 0.05) is 30.4 Å². The van der Waals surface area contributed by atoms with Crippen molar-refractivity contribution < 1.29 is 9.84 Å². The highest BCUT2D eigenvalue weighted by Gasteiger charge is 2.16. The van der Waals surface area contributed by atoms with Crippen LogP contribution in [0, 0.1) is 0 Å². The monoisotopic (exact) mass is 238 g/mol. The van der Waals surface area contributed by atoms with E-state index in [0.717, 1.165) is 23.5 Å². The molecule has 96 valence electrons. The molecule has 0 aromatic heterocycles. The van der Waals surface area contributed by atoms with E-state index in [9.17, 15) is 0 Å². The summed E-state index contributed by atoms with van der Waals surface area (Å²) >= 11 is 0. The number of ether oxygens (including phenoxy) is 1. The third-order valence-electron chi connectivity index (χ3n) is 2.81. The number of aliphatic hydroxyl groups is 1. The maximum absolute atomic E-state index is 9.08. The molecule has 0 saturated carbocycles. The molecule has 0 spiro atoms. The number of hydrogen-bond donors (Lipinski definition) is 2. The van der Waals surface area contributed by atoms with E-state index in [1.165, 1.54) is 0 Å². The van der Waals surface area contributed by atoms with Gasteiger partial charge in [0.25, 0.3) is 0 Å². The molecule has 0 aliphatic rings. The zero-order chi connectivity index (χ0) is 12.8. The highest BCUT2D eigenvalue weighted by Crippen LogP contribution is 2.33. The van der Waals surface area contributed by atoms with Crippen LogP contribution in [-0.2, 0) is 0 Å². The first kappa shape index (κ1) is 13.8. The number of rotatable bonds is 6. The first-order valence-corrected chi connectivity index (χ1v) is 5.94. The van der Waals surface area contributed by atoms with Gasteiger partial charge in [-0.15, -0.1) is 0 Å². The van der Waals surface area contributed by atoms with Gasteiger partial charge in [0.05, 0.1) is 13.7 Å². The summed E-state index contributed by atoms with van der Waals surface area (Å²) in [5.41, 5.74) is 8.04. The summed E-state index contributed by atoms with van der Waals surface area (Å²) in [5, 5.41) is 9.08. The predicted octanol–water partition coefficient (Wildman–Crippen LogP) is 1.53. The van der Waals surface area contributed by atoms with E-state index in [1.807, 2.05) is 25.1 Å². The van der Waals surface area contributed by atoms with E-state index in [2.05, 4.69) is 11.8 Å². The summed E-state index contributed by atoms with van der Waals surface area (Å²) in [6, 6.07) is 5.77. The van der Waals surface area contributed by atoms with Crippen LogP contribution in [-0.4, -0.2) is 31.9 Å². The molecule has 0 aliphatic heterocycles. The maximum atomic E-state index is 9.08. The number of nitrogens with two attached hydrogens (primary N) is 1. The van der Waals surface area contributed by atoms with E-state index < -0.39 is 0 Å². The van der Waals surface area contributed by atoms with Gasteiger partial charge < -0.3 is 20.5 Å². The van der Waals surface area contributed by atoms with Gasteiger partial charge in [-0.3, -0.25) is 0 Å². The molecule has 3 N–H and O–H groups in total. The molecule has 0 bridgehead atoms. The molecule has 4 nitrogen and oxygen atoms in total. The molecule has 0 saturated heterocycles. The zero-order valence-electron chi connectivity index (χ0n) is 10.8. The van der Waals surface area contributed by atoms with Crippen LogP contribution in [0.1, 0.15) is 25.5 Å². The van der Waals surface area contributed by atoms with Crippen molar-refractivity contribution in [2.45, 2.75) is 19.9 Å². The van der Waals surface area contributed by atoms with Crippen LogP contribution in [0.25, 0.3) is 0 Å². The van der Waals surface area contributed by atoms with Gasteiger partial charge in [0.1, 0.15) is 5.75 Å². The highest BCUT2D eigenvalue weighted by molar-refractivity contribution is 5.60. The number of benzene rings is 1. The molecule has 0 aliphatic carbocycles. The van der Waals surface area contributed by atoms with Crippen molar-refractivity contribution in [2.24, 2.45) is 5.73 Å². The third kappa shape index (κ3) is 3.11. The van der Waals surface area contributed by atoms with Crippen LogP contribution in [0.5, 0.6) is 5.75 Å². The maximum Gasteiger partial charge on any atom is 0.125 e. The second-order valence-corrected chi connectivity index (χ2v) is 3.99. The molecular weight excluding hydrogens is 216 g/mol. The minimum Gasteiger partial charge on any atom is -0.496 e. The number of hydrogen-bond acceptors (Lipinski definition) is 4. The molecule has 1 rings (SSSR count). The van der Waals surface area contributed by atoms with Gasteiger partial charge in [-0.2, -0.15) is 0 Å². The standard InChI is InChI=1S/C13H22N2O2/c1-4-15(8-9-16)11-6-5-7-12(17-3)13(11)10(2)14/h5-7,10,16H,4,8-9,14H2,1-3H3/t10-/m1/s1. The van der Waals surface area contributed by atoms with Crippen molar-refractivity contribution in [3.63, 3.8) is 0 Å². The van der Waals surface area contributed by atoms with Crippen LogP contribution in [0.4, 0.5) is 5.69 Å². The van der Waals surface area contributed by atoms with Crippen LogP contribution < -0.4 is 15.4 Å². The summed E-state index contributed by atoms with van der Waals surface area (Å²) in [7, 11) is 1.65. The summed E-state index contributed by atoms with van der Waals surface area (Å²) in [6.45, 7) is 5.55. The van der Waals surface area contributed by atoms with Gasteiger partial charge in [0.2, 0.25) is 0 Å². The first-order valence-electron chi connectivity index (χ1n) is 5.94. The fourth-order valence-electron chi connectivity index (χ4n) is 2.01. The van der Waals surface area contributed by atoms with E-state index in [-0.39, 0.29) is 12.6 Å². The van der Waals surface area contributed by atoms with Crippen molar-refractivity contribution in [3.8, 4) is 5.75 Å². The Bertz CT molecular complexity index is 353. The average molecular weight is 238 g/mol. The number of likely N-dealkylation sites (N-methyl/N-ethyl adjacent to an activating group) is 1. The fraction of sp³-hybridized carbons (Fsp3) is 0.538. The normalized spacial score (nSPS) is 12.3. The largest absolute Gasteiger partial charge is 0.496 e. The van der Waals surface area contributed by atoms with Crippen LogP contribution in [0.2, 0.25) is 0 Å². The Labute approximate surface area is 103 Å². The summed E-state index contributed by atoms with van der Waals surface area (Å²) in [6.07, 6.45) is 0. The lowest BCUT2D eigenvalue weighted by Gasteiger charge is -2.27. The van der Waals surface area contributed by atoms with Gasteiger partial charge in [-0.25, -0.2) is 0 Å². The Morgan fingerprint density at radius 2 is 2.18 bits per heavy atom. The van der Waals surface area contributed by atoms with Gasteiger partial charge >= 0.3 is 0 Å². The van der Waals surface area contributed by atoms with Crippen LogP contribution in [0.3, 0.4) is 0 Å². The van der Waals surface area contributed by atoms with Crippen molar-refractivity contribution in [1.82, 2.24) is 0 Å². The summed E-state index contributed by atoms with van der Waals surface area (Å²) in [5.74, 6) is 0.800. The lowest BCUT2D eigenvalue weighted by atomic mass is 10.0. The molecule has 0 unspecified atom stereocenters. The Kier molecular flexibility index (Phi) is 5.25. The number of aliphatic hydroxyl groups excluding tert-OH is 1. The molecule has 1 atom stereocenters. The highest BCUT2D eigenvalue weighted by atomic mass is 16.5. The number of methoxy groups -OCH3 is 1. The number of anilines is 1. The second kappa shape index (κ2) is 6.47. The van der Waals surface area contributed by atoms with Crippen molar-refractivity contribution in [2.75, 3.05) is 31.7 Å². The Morgan fingerprint density at radius 1 is 1.47 bits per heavy atom. The zero-order valence-corrected chi connectivity index (χ0v) is 10.8. The molecule has 0 heterocycles. The molecule has 0 amide bonds. The molecule has 0 radical (unpaired) electrons. The van der Waals surface area contributed by atoms with Crippen molar-refractivity contribution >= 4 is 5.69 Å². The van der Waals surface area contributed by atoms with Gasteiger partial charge in [-0.1, -0.05) is 6.07 Å². The van der Waals surface area contributed by atoms with Crippen molar-refractivity contribution in [1.29, 1.82) is 0 Å². The van der Waals surface area contributed by atoms with E-state index in [0.29, 0.717) is 6.54 Å². The summed E-state index contributed by atoms with van der Waals surface area (Å²) < 4.78 is 5.35. The first-order chi connectivity index (χ1) is 8.15. The lowest BCUT2D eigenvalue weighted by Crippen LogP contribution is -2.28. The second-order valence-electron chi connectivity index (χ2n) is 3.99. The molecule has 1 aromatic carbocycles. The fourth-order valence-corrected chi connectivity index (χ4v) is 2.01. The lowest BCUT2D eigenvalue weighted by molar-refractivity contribution is 0.302. The minimum atomic E-state index is -0.103. The third-order valence-corrected chi connectivity index (χ3v) is 2.81. The Morgan fingerprint density at radius 3 is 2.65 bits per heavy atom. The van der Waals surface area contributed by atoms with E-state index >= 15 is 0 Å². The summed E-state index contributed by atoms with van der Waals surface area (Å²) in [4.78, 5) is 2.10. The predicted molar refractivity (Wildman–Crippen MR) is 70.6 cm³/mol. The Hall–Kier alpha value is -1.26. The molecule has 4 heteroatoms. The molecule has 0 fully saturated rings. The van der Waals surface area contributed by atoms with Crippen LogP contribution in [0.15, 0.2) is 18.2 Å². The van der Waals surface area contributed by atoms with Crippen LogP contribution >= 0.6 is 0 Å².